The fourth-order valence-corrected chi connectivity index (χ4v) is 1.99. The predicted molar refractivity (Wildman–Crippen MR) is 96.6 cm³/mol. The summed E-state index contributed by atoms with van der Waals surface area (Å²) in [4.78, 5) is 17.9. The first kappa shape index (κ1) is 19.0. The SMILES string of the molecule is CCC(C)NC(=NCc1ccc(C)cc1C)NCC(=O)N(C)C. The summed E-state index contributed by atoms with van der Waals surface area (Å²) >= 11 is 0. The van der Waals surface area contributed by atoms with E-state index in [0.717, 1.165) is 6.42 Å². The number of aryl methyl sites for hydroxylation is 2. The van der Waals surface area contributed by atoms with E-state index in [1.54, 1.807) is 19.0 Å². The molecular weight excluding hydrogens is 288 g/mol. The van der Waals surface area contributed by atoms with Crippen molar-refractivity contribution in [2.75, 3.05) is 20.6 Å². The normalized spacial score (nSPS) is 12.7. The molecule has 0 bridgehead atoms. The number of likely N-dealkylation sites (N-methyl/N-ethyl adjacent to an activating group) is 1. The summed E-state index contributed by atoms with van der Waals surface area (Å²) in [6, 6.07) is 6.67. The number of rotatable bonds is 6. The standard InChI is InChI=1S/C18H30N4O/c1-7-15(4)21-18(20-12-17(23)22(5)6)19-11-16-9-8-13(2)10-14(16)3/h8-10,15H,7,11-12H2,1-6H3,(H2,19,20,21). The van der Waals surface area contributed by atoms with Crippen LogP contribution >= 0.6 is 0 Å². The smallest absolute Gasteiger partial charge is 0.241 e. The molecule has 0 saturated carbocycles. The largest absolute Gasteiger partial charge is 0.354 e. The van der Waals surface area contributed by atoms with Gasteiger partial charge in [0, 0.05) is 20.1 Å². The lowest BCUT2D eigenvalue weighted by Gasteiger charge is -2.18. The van der Waals surface area contributed by atoms with Crippen LogP contribution in [0.2, 0.25) is 0 Å². The maximum absolute atomic E-state index is 11.7. The molecule has 23 heavy (non-hydrogen) atoms. The Labute approximate surface area is 140 Å². The van der Waals surface area contributed by atoms with Gasteiger partial charge in [0.2, 0.25) is 5.91 Å². The Kier molecular flexibility index (Phi) is 7.59. The van der Waals surface area contributed by atoms with Crippen molar-refractivity contribution < 1.29 is 4.79 Å². The first-order valence-corrected chi connectivity index (χ1v) is 8.14. The first-order chi connectivity index (χ1) is 10.8. The second-order valence-electron chi connectivity index (χ2n) is 6.19. The Morgan fingerprint density at radius 3 is 2.57 bits per heavy atom. The maximum atomic E-state index is 11.7. The molecule has 1 rings (SSSR count). The number of hydrogen-bond donors (Lipinski definition) is 2. The highest BCUT2D eigenvalue weighted by Gasteiger charge is 2.08. The molecule has 1 atom stereocenters. The van der Waals surface area contributed by atoms with Crippen molar-refractivity contribution in [1.29, 1.82) is 0 Å². The van der Waals surface area contributed by atoms with E-state index in [2.05, 4.69) is 61.5 Å². The van der Waals surface area contributed by atoms with E-state index in [9.17, 15) is 4.79 Å². The quantitative estimate of drug-likeness (QED) is 0.625. The number of carbonyl (C=O) groups excluding carboxylic acids is 1. The number of hydrogen-bond acceptors (Lipinski definition) is 2. The van der Waals surface area contributed by atoms with Gasteiger partial charge in [-0.05, 0) is 38.3 Å². The highest BCUT2D eigenvalue weighted by atomic mass is 16.2. The lowest BCUT2D eigenvalue weighted by Crippen LogP contribution is -2.45. The minimum atomic E-state index is 0.0233. The zero-order valence-electron chi connectivity index (χ0n) is 15.2. The van der Waals surface area contributed by atoms with Crippen molar-refractivity contribution in [3.05, 3.63) is 34.9 Å². The lowest BCUT2D eigenvalue weighted by atomic mass is 10.1. The van der Waals surface area contributed by atoms with E-state index in [4.69, 9.17) is 0 Å². The maximum Gasteiger partial charge on any atom is 0.241 e. The minimum Gasteiger partial charge on any atom is -0.354 e. The molecule has 128 valence electrons. The van der Waals surface area contributed by atoms with Crippen LogP contribution in [0.25, 0.3) is 0 Å². The minimum absolute atomic E-state index is 0.0233. The molecule has 0 spiro atoms. The number of guanidine groups is 1. The van der Waals surface area contributed by atoms with Gasteiger partial charge in [0.15, 0.2) is 5.96 Å². The van der Waals surface area contributed by atoms with Crippen molar-refractivity contribution in [3.63, 3.8) is 0 Å². The lowest BCUT2D eigenvalue weighted by molar-refractivity contribution is -0.127. The molecule has 5 nitrogen and oxygen atoms in total. The number of aliphatic imine (C=N–C) groups is 1. The van der Waals surface area contributed by atoms with E-state index in [1.807, 2.05) is 0 Å². The molecule has 0 aromatic heterocycles. The molecule has 0 heterocycles. The zero-order valence-corrected chi connectivity index (χ0v) is 15.2. The van der Waals surface area contributed by atoms with Crippen LogP contribution < -0.4 is 10.6 Å². The van der Waals surface area contributed by atoms with Crippen LogP contribution in [0.5, 0.6) is 0 Å². The summed E-state index contributed by atoms with van der Waals surface area (Å²) in [7, 11) is 3.50. The average Bonchev–Trinajstić information content (AvgIpc) is 2.50. The molecule has 0 fully saturated rings. The molecule has 0 aliphatic carbocycles. The average molecular weight is 318 g/mol. The van der Waals surface area contributed by atoms with Gasteiger partial charge in [-0.2, -0.15) is 0 Å². The third kappa shape index (κ3) is 6.72. The van der Waals surface area contributed by atoms with Gasteiger partial charge in [0.25, 0.3) is 0 Å². The second-order valence-corrected chi connectivity index (χ2v) is 6.19. The number of benzene rings is 1. The Morgan fingerprint density at radius 1 is 1.30 bits per heavy atom. The Hall–Kier alpha value is -2.04. The van der Waals surface area contributed by atoms with Crippen molar-refractivity contribution in [2.24, 2.45) is 4.99 Å². The summed E-state index contributed by atoms with van der Waals surface area (Å²) in [5.41, 5.74) is 3.68. The van der Waals surface area contributed by atoms with Crippen LogP contribution in [0.3, 0.4) is 0 Å². The van der Waals surface area contributed by atoms with Gasteiger partial charge in [-0.1, -0.05) is 30.7 Å². The van der Waals surface area contributed by atoms with Crippen molar-refractivity contribution >= 4 is 11.9 Å². The van der Waals surface area contributed by atoms with Crippen LogP contribution in [0.4, 0.5) is 0 Å². The summed E-state index contributed by atoms with van der Waals surface area (Å²) in [6.07, 6.45) is 0.992. The van der Waals surface area contributed by atoms with Crippen LogP contribution in [0, 0.1) is 13.8 Å². The Balaban J connectivity index is 2.78. The van der Waals surface area contributed by atoms with Gasteiger partial charge in [-0.3, -0.25) is 4.79 Å². The van der Waals surface area contributed by atoms with Crippen molar-refractivity contribution in [1.82, 2.24) is 15.5 Å². The first-order valence-electron chi connectivity index (χ1n) is 8.14. The fraction of sp³-hybridized carbons (Fsp3) is 0.556. The molecule has 1 aromatic carbocycles. The molecule has 1 amide bonds. The summed E-state index contributed by atoms with van der Waals surface area (Å²) in [5.74, 6) is 0.699. The second kappa shape index (κ2) is 9.18. The van der Waals surface area contributed by atoms with Gasteiger partial charge < -0.3 is 15.5 Å². The van der Waals surface area contributed by atoms with E-state index in [-0.39, 0.29) is 12.5 Å². The number of carbonyl (C=O) groups is 1. The van der Waals surface area contributed by atoms with E-state index in [1.165, 1.54) is 16.7 Å². The molecule has 0 aliphatic heterocycles. The number of nitrogens with one attached hydrogen (secondary N) is 2. The third-order valence-electron chi connectivity index (χ3n) is 3.81. The molecule has 1 aromatic rings. The topological polar surface area (TPSA) is 56.7 Å². The van der Waals surface area contributed by atoms with Gasteiger partial charge in [-0.25, -0.2) is 4.99 Å². The van der Waals surface area contributed by atoms with Gasteiger partial charge in [0.05, 0.1) is 13.1 Å². The monoisotopic (exact) mass is 318 g/mol. The molecule has 0 aliphatic rings. The van der Waals surface area contributed by atoms with Crippen LogP contribution in [-0.4, -0.2) is 43.4 Å². The Bertz CT molecular complexity index is 552. The molecular formula is C18H30N4O. The van der Waals surface area contributed by atoms with E-state index < -0.39 is 0 Å². The summed E-state index contributed by atoms with van der Waals surface area (Å²) < 4.78 is 0. The van der Waals surface area contributed by atoms with Crippen LogP contribution in [0.15, 0.2) is 23.2 Å². The molecule has 0 radical (unpaired) electrons. The highest BCUT2D eigenvalue weighted by Crippen LogP contribution is 2.11. The number of amides is 1. The fourth-order valence-electron chi connectivity index (χ4n) is 1.99. The molecule has 1 unspecified atom stereocenters. The third-order valence-corrected chi connectivity index (χ3v) is 3.81. The molecule has 2 N–H and O–H groups in total. The Morgan fingerprint density at radius 2 is 2.00 bits per heavy atom. The van der Waals surface area contributed by atoms with Crippen molar-refractivity contribution in [2.45, 2.75) is 46.7 Å². The highest BCUT2D eigenvalue weighted by molar-refractivity contribution is 5.86. The van der Waals surface area contributed by atoms with E-state index >= 15 is 0 Å². The van der Waals surface area contributed by atoms with Gasteiger partial charge >= 0.3 is 0 Å². The summed E-state index contributed by atoms with van der Waals surface area (Å²) in [6.45, 7) is 9.23. The molecule has 0 saturated heterocycles. The van der Waals surface area contributed by atoms with Crippen LogP contribution in [-0.2, 0) is 11.3 Å². The molecule has 5 heteroatoms. The zero-order chi connectivity index (χ0) is 17.4. The summed E-state index contributed by atoms with van der Waals surface area (Å²) in [5, 5.41) is 6.45. The van der Waals surface area contributed by atoms with Crippen LogP contribution in [0.1, 0.15) is 37.0 Å². The van der Waals surface area contributed by atoms with Crippen molar-refractivity contribution in [3.8, 4) is 0 Å². The number of nitrogens with zero attached hydrogens (tertiary/aromatic N) is 2. The van der Waals surface area contributed by atoms with Gasteiger partial charge in [-0.15, -0.1) is 0 Å². The predicted octanol–water partition coefficient (Wildman–Crippen LogP) is 2.23. The van der Waals surface area contributed by atoms with Gasteiger partial charge in [0.1, 0.15) is 0 Å². The van der Waals surface area contributed by atoms with E-state index in [0.29, 0.717) is 18.5 Å².